The van der Waals surface area contributed by atoms with Crippen molar-refractivity contribution in [2.75, 3.05) is 18.4 Å². The number of hydrogen-bond donors (Lipinski definition) is 1. The van der Waals surface area contributed by atoms with E-state index in [1.807, 2.05) is 4.90 Å². The molecule has 2 atom stereocenters. The molecular formula is C21H23FN2O2. The van der Waals surface area contributed by atoms with Crippen molar-refractivity contribution >= 4 is 17.5 Å². The first-order valence-corrected chi connectivity index (χ1v) is 8.89. The second kappa shape index (κ2) is 7.68. The summed E-state index contributed by atoms with van der Waals surface area (Å²) in [6, 6.07) is 12.3. The lowest BCUT2D eigenvalue weighted by atomic mass is 9.91. The van der Waals surface area contributed by atoms with Crippen molar-refractivity contribution in [1.29, 1.82) is 0 Å². The summed E-state index contributed by atoms with van der Waals surface area (Å²) in [7, 11) is 0. The van der Waals surface area contributed by atoms with Gasteiger partial charge in [-0.05, 0) is 54.7 Å². The fourth-order valence-corrected chi connectivity index (χ4v) is 3.57. The van der Waals surface area contributed by atoms with E-state index in [4.69, 9.17) is 0 Å². The second-order valence-electron chi connectivity index (χ2n) is 7.16. The van der Waals surface area contributed by atoms with Gasteiger partial charge in [-0.1, -0.05) is 26.0 Å². The number of likely N-dealkylation sites (tertiary alicyclic amines) is 1. The van der Waals surface area contributed by atoms with Crippen LogP contribution in [0, 0.1) is 17.7 Å². The molecule has 2 aromatic carbocycles. The molecule has 4 nitrogen and oxygen atoms in total. The van der Waals surface area contributed by atoms with Gasteiger partial charge in [-0.3, -0.25) is 9.59 Å². The first-order valence-electron chi connectivity index (χ1n) is 8.89. The van der Waals surface area contributed by atoms with Crippen molar-refractivity contribution < 1.29 is 14.0 Å². The lowest BCUT2D eigenvalue weighted by Gasteiger charge is -2.35. The molecule has 0 aliphatic carbocycles. The summed E-state index contributed by atoms with van der Waals surface area (Å²) in [6.07, 6.45) is 1.12. The van der Waals surface area contributed by atoms with Gasteiger partial charge in [0.15, 0.2) is 0 Å². The molecule has 1 aliphatic heterocycles. The van der Waals surface area contributed by atoms with Crippen LogP contribution in [0.15, 0.2) is 48.5 Å². The molecule has 1 heterocycles. The van der Waals surface area contributed by atoms with Crippen LogP contribution in [0.3, 0.4) is 0 Å². The normalized spacial score (nSPS) is 19.9. The topological polar surface area (TPSA) is 49.4 Å². The van der Waals surface area contributed by atoms with Gasteiger partial charge in [-0.15, -0.1) is 0 Å². The lowest BCUT2D eigenvalue weighted by molar-refractivity contribution is 0.0624. The smallest absolute Gasteiger partial charge is 0.255 e. The number of piperidine rings is 1. The van der Waals surface area contributed by atoms with Gasteiger partial charge in [0.2, 0.25) is 0 Å². The third kappa shape index (κ3) is 4.10. The summed E-state index contributed by atoms with van der Waals surface area (Å²) in [5.41, 5.74) is 1.29. The SMILES string of the molecule is CC1CC(C)CN(C(=O)c2ccccc2NC(=O)c2ccc(F)cc2)C1. The Labute approximate surface area is 153 Å². The number of benzene rings is 2. The number of anilines is 1. The highest BCUT2D eigenvalue weighted by Crippen LogP contribution is 2.25. The van der Waals surface area contributed by atoms with Crippen molar-refractivity contribution in [3.63, 3.8) is 0 Å². The van der Waals surface area contributed by atoms with E-state index in [1.54, 1.807) is 24.3 Å². The van der Waals surface area contributed by atoms with E-state index in [-0.39, 0.29) is 11.8 Å². The summed E-state index contributed by atoms with van der Waals surface area (Å²) in [5, 5.41) is 2.78. The molecular weight excluding hydrogens is 331 g/mol. The molecule has 1 fully saturated rings. The Kier molecular flexibility index (Phi) is 5.35. The first-order chi connectivity index (χ1) is 12.4. The van der Waals surface area contributed by atoms with Crippen molar-refractivity contribution in [3.8, 4) is 0 Å². The van der Waals surface area contributed by atoms with Gasteiger partial charge in [0.05, 0.1) is 11.3 Å². The minimum absolute atomic E-state index is 0.0709. The Morgan fingerprint density at radius 3 is 2.27 bits per heavy atom. The first kappa shape index (κ1) is 18.1. The zero-order valence-electron chi connectivity index (χ0n) is 15.0. The lowest BCUT2D eigenvalue weighted by Crippen LogP contribution is -2.42. The van der Waals surface area contributed by atoms with Gasteiger partial charge in [0, 0.05) is 18.7 Å². The van der Waals surface area contributed by atoms with Crippen LogP contribution in [0.4, 0.5) is 10.1 Å². The van der Waals surface area contributed by atoms with Crippen LogP contribution in [0.5, 0.6) is 0 Å². The van der Waals surface area contributed by atoms with Crippen LogP contribution < -0.4 is 5.32 Å². The van der Waals surface area contributed by atoms with Gasteiger partial charge in [-0.25, -0.2) is 4.39 Å². The number of nitrogens with zero attached hydrogens (tertiary/aromatic N) is 1. The quantitative estimate of drug-likeness (QED) is 0.898. The molecule has 0 aromatic heterocycles. The van der Waals surface area contributed by atoms with Gasteiger partial charge in [0.1, 0.15) is 5.82 Å². The zero-order valence-corrected chi connectivity index (χ0v) is 15.0. The number of halogens is 1. The fraction of sp³-hybridized carbons (Fsp3) is 0.333. The highest BCUT2D eigenvalue weighted by atomic mass is 19.1. The number of rotatable bonds is 3. The Balaban J connectivity index is 1.80. The maximum absolute atomic E-state index is 13.0. The molecule has 0 bridgehead atoms. The Morgan fingerprint density at radius 2 is 1.62 bits per heavy atom. The summed E-state index contributed by atoms with van der Waals surface area (Å²) < 4.78 is 13.0. The van der Waals surface area contributed by atoms with E-state index in [1.165, 1.54) is 24.3 Å². The highest BCUT2D eigenvalue weighted by Gasteiger charge is 2.27. The van der Waals surface area contributed by atoms with Gasteiger partial charge >= 0.3 is 0 Å². The molecule has 1 N–H and O–H groups in total. The predicted molar refractivity (Wildman–Crippen MR) is 99.6 cm³/mol. The van der Waals surface area contributed by atoms with Gasteiger partial charge in [0.25, 0.3) is 11.8 Å². The fourth-order valence-electron chi connectivity index (χ4n) is 3.57. The van der Waals surface area contributed by atoms with E-state index in [2.05, 4.69) is 19.2 Å². The summed E-state index contributed by atoms with van der Waals surface area (Å²) in [5.74, 6) is 0.0850. The standard InChI is InChI=1S/C21H23FN2O2/c1-14-11-15(2)13-24(12-14)21(26)18-5-3-4-6-19(18)23-20(25)16-7-9-17(22)10-8-16/h3-10,14-15H,11-13H2,1-2H3,(H,23,25). The number of carbonyl (C=O) groups excluding carboxylic acids is 2. The molecule has 0 spiro atoms. The Bertz CT molecular complexity index is 794. The van der Waals surface area contributed by atoms with Crippen molar-refractivity contribution in [2.45, 2.75) is 20.3 Å². The average molecular weight is 354 g/mol. The van der Waals surface area contributed by atoms with Crippen LogP contribution in [0.25, 0.3) is 0 Å². The third-order valence-corrected chi connectivity index (χ3v) is 4.67. The van der Waals surface area contributed by atoms with Crippen LogP contribution in [0.2, 0.25) is 0 Å². The van der Waals surface area contributed by atoms with E-state index < -0.39 is 5.82 Å². The van der Waals surface area contributed by atoms with Crippen LogP contribution in [-0.2, 0) is 0 Å². The molecule has 0 radical (unpaired) electrons. The number of carbonyl (C=O) groups is 2. The summed E-state index contributed by atoms with van der Waals surface area (Å²) in [6.45, 7) is 5.75. The van der Waals surface area contributed by atoms with E-state index in [9.17, 15) is 14.0 Å². The highest BCUT2D eigenvalue weighted by molar-refractivity contribution is 6.09. The maximum Gasteiger partial charge on any atom is 0.255 e. The van der Waals surface area contributed by atoms with Crippen molar-refractivity contribution in [2.24, 2.45) is 11.8 Å². The summed E-state index contributed by atoms with van der Waals surface area (Å²) >= 11 is 0. The number of nitrogens with one attached hydrogen (secondary N) is 1. The Morgan fingerprint density at radius 1 is 1.00 bits per heavy atom. The van der Waals surface area contributed by atoms with Crippen LogP contribution in [0.1, 0.15) is 41.0 Å². The minimum Gasteiger partial charge on any atom is -0.338 e. The van der Waals surface area contributed by atoms with Gasteiger partial charge in [-0.2, -0.15) is 0 Å². The van der Waals surface area contributed by atoms with E-state index >= 15 is 0 Å². The van der Waals surface area contributed by atoms with Crippen LogP contribution >= 0.6 is 0 Å². The average Bonchev–Trinajstić information content (AvgIpc) is 2.61. The van der Waals surface area contributed by atoms with Crippen LogP contribution in [-0.4, -0.2) is 29.8 Å². The molecule has 2 amide bonds. The van der Waals surface area contributed by atoms with E-state index in [0.29, 0.717) is 28.7 Å². The number of amides is 2. The molecule has 26 heavy (non-hydrogen) atoms. The van der Waals surface area contributed by atoms with Gasteiger partial charge < -0.3 is 10.2 Å². The van der Waals surface area contributed by atoms with E-state index in [0.717, 1.165) is 19.5 Å². The molecule has 2 unspecified atom stereocenters. The molecule has 0 saturated carbocycles. The number of para-hydroxylation sites is 1. The second-order valence-corrected chi connectivity index (χ2v) is 7.16. The molecule has 1 aliphatic rings. The third-order valence-electron chi connectivity index (χ3n) is 4.67. The Hall–Kier alpha value is -2.69. The predicted octanol–water partition coefficient (Wildman–Crippen LogP) is 4.20. The van der Waals surface area contributed by atoms with Crippen molar-refractivity contribution in [3.05, 3.63) is 65.5 Å². The molecule has 1 saturated heterocycles. The molecule has 2 aromatic rings. The maximum atomic E-state index is 13.0. The molecule has 5 heteroatoms. The largest absolute Gasteiger partial charge is 0.338 e. The molecule has 136 valence electrons. The minimum atomic E-state index is -0.398. The summed E-state index contributed by atoms with van der Waals surface area (Å²) in [4.78, 5) is 27.3. The number of hydrogen-bond acceptors (Lipinski definition) is 2. The van der Waals surface area contributed by atoms with Crippen molar-refractivity contribution in [1.82, 2.24) is 4.90 Å². The monoisotopic (exact) mass is 354 g/mol. The zero-order chi connectivity index (χ0) is 18.7. The molecule has 3 rings (SSSR count).